The summed E-state index contributed by atoms with van der Waals surface area (Å²) >= 11 is 0. The highest BCUT2D eigenvalue weighted by Crippen LogP contribution is 2.35. The number of pyridine rings is 1. The Hall–Kier alpha value is -3.65. The van der Waals surface area contributed by atoms with Gasteiger partial charge < -0.3 is 19.4 Å². The minimum Gasteiger partial charge on any atom is -0.497 e. The molecule has 0 saturated carbocycles. The number of rotatable bonds is 7. The molecule has 8 heteroatoms. The fourth-order valence-electron chi connectivity index (χ4n) is 5.07. The van der Waals surface area contributed by atoms with Gasteiger partial charge in [0.05, 0.1) is 27.0 Å². The smallest absolute Gasteiger partial charge is 0.276 e. The molecule has 1 fully saturated rings. The Kier molecular flexibility index (Phi) is 6.78. The monoisotopic (exact) mass is 490 g/mol. The number of piperidine rings is 1. The average molecular weight is 491 g/mol. The van der Waals surface area contributed by atoms with Crippen molar-refractivity contribution in [2.75, 3.05) is 27.3 Å². The van der Waals surface area contributed by atoms with Crippen LogP contribution in [0.15, 0.2) is 53.6 Å². The van der Waals surface area contributed by atoms with Crippen LogP contribution < -0.4 is 20.3 Å². The Labute approximate surface area is 209 Å². The van der Waals surface area contributed by atoms with Gasteiger partial charge in [-0.3, -0.25) is 9.48 Å². The van der Waals surface area contributed by atoms with Crippen molar-refractivity contribution in [3.8, 4) is 22.6 Å². The van der Waals surface area contributed by atoms with E-state index in [4.69, 9.17) is 9.47 Å². The lowest BCUT2D eigenvalue weighted by atomic mass is 9.89. The Bertz CT molecular complexity index is 1440. The van der Waals surface area contributed by atoms with Crippen molar-refractivity contribution in [1.29, 1.82) is 0 Å². The van der Waals surface area contributed by atoms with Crippen molar-refractivity contribution >= 4 is 10.9 Å². The molecule has 2 aromatic carbocycles. The van der Waals surface area contributed by atoms with Crippen molar-refractivity contribution in [2.45, 2.75) is 25.8 Å². The number of hydrogen-bond donors (Lipinski definition) is 1. The first-order valence-electron chi connectivity index (χ1n) is 12.2. The standard InChI is InChI=1S/C28H31FN4O3/c1-32-17-24(20-13-25(29)22(26(14-20)36-3)12-18-8-10-30-11-9-18)23-15-31-33(27(23)28(32)34)16-19-4-6-21(35-2)7-5-19/h4-7,13-15,17-18,30H,8-12,16H2,1-3H3. The van der Waals surface area contributed by atoms with E-state index in [2.05, 4.69) is 10.4 Å². The van der Waals surface area contributed by atoms with E-state index in [-0.39, 0.29) is 11.4 Å². The summed E-state index contributed by atoms with van der Waals surface area (Å²) < 4.78 is 29.6. The molecule has 36 heavy (non-hydrogen) atoms. The van der Waals surface area contributed by atoms with Gasteiger partial charge in [-0.05, 0) is 73.7 Å². The minimum absolute atomic E-state index is 0.158. The summed E-state index contributed by atoms with van der Waals surface area (Å²) in [6, 6.07) is 11.1. The molecule has 0 radical (unpaired) electrons. The molecule has 5 rings (SSSR count). The van der Waals surface area contributed by atoms with Crippen LogP contribution in [0.25, 0.3) is 22.0 Å². The van der Waals surface area contributed by atoms with Crippen molar-refractivity contribution in [3.05, 3.63) is 76.1 Å². The Morgan fingerprint density at radius 2 is 1.86 bits per heavy atom. The lowest BCUT2D eigenvalue weighted by molar-refractivity contribution is 0.355. The largest absolute Gasteiger partial charge is 0.497 e. The predicted octanol–water partition coefficient (Wildman–Crippen LogP) is 4.15. The fourth-order valence-corrected chi connectivity index (χ4v) is 5.07. The zero-order valence-electron chi connectivity index (χ0n) is 20.9. The maximum Gasteiger partial charge on any atom is 0.276 e. The molecule has 2 aromatic heterocycles. The first-order chi connectivity index (χ1) is 17.5. The van der Waals surface area contributed by atoms with Gasteiger partial charge in [-0.15, -0.1) is 0 Å². The van der Waals surface area contributed by atoms with E-state index >= 15 is 4.39 Å². The number of nitrogens with zero attached hydrogens (tertiary/aromatic N) is 3. The van der Waals surface area contributed by atoms with E-state index in [0.29, 0.717) is 46.7 Å². The lowest BCUT2D eigenvalue weighted by Crippen LogP contribution is -2.28. The molecule has 0 bridgehead atoms. The van der Waals surface area contributed by atoms with Crippen LogP contribution in [0.3, 0.4) is 0 Å². The summed E-state index contributed by atoms with van der Waals surface area (Å²) in [5, 5.41) is 8.56. The highest BCUT2D eigenvalue weighted by atomic mass is 19.1. The zero-order valence-corrected chi connectivity index (χ0v) is 20.9. The Morgan fingerprint density at radius 3 is 2.56 bits per heavy atom. The second kappa shape index (κ2) is 10.1. The van der Waals surface area contributed by atoms with Crippen molar-refractivity contribution in [3.63, 3.8) is 0 Å². The van der Waals surface area contributed by atoms with Crippen LogP contribution in [0.1, 0.15) is 24.0 Å². The second-order valence-corrected chi connectivity index (χ2v) is 9.41. The van der Waals surface area contributed by atoms with Gasteiger partial charge in [0.2, 0.25) is 0 Å². The highest BCUT2D eigenvalue weighted by Gasteiger charge is 2.22. The molecule has 1 saturated heterocycles. The third-order valence-corrected chi connectivity index (χ3v) is 7.10. The van der Waals surface area contributed by atoms with E-state index < -0.39 is 0 Å². The average Bonchev–Trinajstić information content (AvgIpc) is 3.32. The van der Waals surface area contributed by atoms with Gasteiger partial charge in [-0.25, -0.2) is 4.39 Å². The van der Waals surface area contributed by atoms with Crippen molar-refractivity contribution in [2.24, 2.45) is 13.0 Å². The molecule has 1 aliphatic rings. The number of nitrogens with one attached hydrogen (secondary N) is 1. The summed E-state index contributed by atoms with van der Waals surface area (Å²) in [4.78, 5) is 13.1. The number of hydrogen-bond acceptors (Lipinski definition) is 5. The third-order valence-electron chi connectivity index (χ3n) is 7.10. The topological polar surface area (TPSA) is 70.3 Å². The van der Waals surface area contributed by atoms with E-state index in [9.17, 15) is 4.79 Å². The summed E-state index contributed by atoms with van der Waals surface area (Å²) in [5.74, 6) is 1.45. The van der Waals surface area contributed by atoms with Gasteiger partial charge >= 0.3 is 0 Å². The van der Waals surface area contributed by atoms with E-state index in [1.807, 2.05) is 30.3 Å². The molecule has 1 aliphatic heterocycles. The van der Waals surface area contributed by atoms with E-state index in [1.165, 1.54) is 4.57 Å². The molecule has 0 spiro atoms. The van der Waals surface area contributed by atoms with Gasteiger partial charge in [0.15, 0.2) is 0 Å². The quantitative estimate of drug-likeness (QED) is 0.422. The maximum absolute atomic E-state index is 15.5. The predicted molar refractivity (Wildman–Crippen MR) is 138 cm³/mol. The van der Waals surface area contributed by atoms with Gasteiger partial charge in [0.25, 0.3) is 5.56 Å². The molecule has 3 heterocycles. The van der Waals surface area contributed by atoms with Crippen LogP contribution in [0.4, 0.5) is 4.39 Å². The molecule has 7 nitrogen and oxygen atoms in total. The molecular weight excluding hydrogens is 459 g/mol. The van der Waals surface area contributed by atoms with E-state index in [1.54, 1.807) is 44.4 Å². The molecule has 0 amide bonds. The van der Waals surface area contributed by atoms with Gasteiger partial charge in [0.1, 0.15) is 22.8 Å². The summed E-state index contributed by atoms with van der Waals surface area (Å²) in [6.07, 6.45) is 6.13. The number of fused-ring (bicyclic) bond motifs is 1. The maximum atomic E-state index is 15.5. The van der Waals surface area contributed by atoms with Crippen molar-refractivity contribution < 1.29 is 13.9 Å². The number of aryl methyl sites for hydroxylation is 1. The van der Waals surface area contributed by atoms with Gasteiger partial charge in [0, 0.05) is 29.8 Å². The number of halogens is 1. The number of methoxy groups -OCH3 is 2. The van der Waals surface area contributed by atoms with Crippen LogP contribution in [0.2, 0.25) is 0 Å². The van der Waals surface area contributed by atoms with Crippen LogP contribution in [0, 0.1) is 11.7 Å². The summed E-state index contributed by atoms with van der Waals surface area (Å²) in [6.45, 7) is 2.35. The van der Waals surface area contributed by atoms with Crippen LogP contribution in [0.5, 0.6) is 11.5 Å². The highest BCUT2D eigenvalue weighted by molar-refractivity contribution is 5.94. The van der Waals surface area contributed by atoms with Crippen LogP contribution >= 0.6 is 0 Å². The Morgan fingerprint density at radius 1 is 1.11 bits per heavy atom. The van der Waals surface area contributed by atoms with Gasteiger partial charge in [-0.2, -0.15) is 5.10 Å². The van der Waals surface area contributed by atoms with Crippen LogP contribution in [-0.2, 0) is 20.0 Å². The van der Waals surface area contributed by atoms with Gasteiger partial charge in [-0.1, -0.05) is 12.1 Å². The minimum atomic E-state index is -0.282. The van der Waals surface area contributed by atoms with Crippen LogP contribution in [-0.4, -0.2) is 41.7 Å². The number of benzene rings is 2. The normalized spacial score (nSPS) is 14.3. The number of ether oxygens (including phenoxy) is 2. The lowest BCUT2D eigenvalue weighted by Gasteiger charge is -2.24. The first-order valence-corrected chi connectivity index (χ1v) is 12.2. The molecule has 0 aliphatic carbocycles. The molecule has 0 unspecified atom stereocenters. The third kappa shape index (κ3) is 4.60. The summed E-state index contributed by atoms with van der Waals surface area (Å²) in [5.41, 5.74) is 3.31. The molecule has 0 atom stereocenters. The van der Waals surface area contributed by atoms with Crippen molar-refractivity contribution in [1.82, 2.24) is 19.7 Å². The second-order valence-electron chi connectivity index (χ2n) is 9.41. The Balaban J connectivity index is 1.55. The zero-order chi connectivity index (χ0) is 25.2. The number of aromatic nitrogens is 3. The molecule has 1 N–H and O–H groups in total. The fraction of sp³-hybridized carbons (Fsp3) is 0.357. The molecule has 4 aromatic rings. The first kappa shape index (κ1) is 24.1. The van der Waals surface area contributed by atoms with E-state index in [0.717, 1.165) is 42.8 Å². The summed E-state index contributed by atoms with van der Waals surface area (Å²) in [7, 11) is 4.90. The molecular formula is C28H31FN4O3. The SMILES string of the molecule is COc1ccc(Cn2ncc3c(-c4cc(F)c(CC5CCNCC5)c(OC)c4)cn(C)c(=O)c32)cc1. The molecule has 188 valence electrons.